The van der Waals surface area contributed by atoms with Crippen LogP contribution in [0.4, 0.5) is 17.6 Å². The summed E-state index contributed by atoms with van der Waals surface area (Å²) in [6, 6.07) is 29.1. The molecule has 0 aliphatic heterocycles. The zero-order chi connectivity index (χ0) is 29.6. The van der Waals surface area contributed by atoms with Crippen molar-refractivity contribution in [1.82, 2.24) is 10.6 Å². The molecule has 2 amide bonds. The molecule has 0 aliphatic carbocycles. The number of amides is 2. The van der Waals surface area contributed by atoms with Crippen LogP contribution < -0.4 is 10.6 Å². The van der Waals surface area contributed by atoms with Gasteiger partial charge in [0.2, 0.25) is 11.8 Å². The molecule has 2 N–H and O–H groups in total. The molecular weight excluding hydrogens is 568 g/mol. The van der Waals surface area contributed by atoms with Crippen LogP contribution in [0.2, 0.25) is 0 Å². The number of benzene rings is 2. The zero-order valence-corrected chi connectivity index (χ0v) is 24.7. The smallest absolute Gasteiger partial charge is 0.356 e. The minimum Gasteiger partial charge on any atom is -0.356 e. The van der Waals surface area contributed by atoms with Gasteiger partial charge in [0, 0.05) is 50.2 Å². The van der Waals surface area contributed by atoms with Gasteiger partial charge in [0.25, 0.3) is 0 Å². The van der Waals surface area contributed by atoms with E-state index in [1.807, 2.05) is 72.8 Å². The molecule has 0 saturated carbocycles. The number of carbonyl (C=O) groups is 2. The second-order valence-corrected chi connectivity index (χ2v) is 8.39. The maximum atomic E-state index is 13.1. The molecule has 0 aromatic heterocycles. The summed E-state index contributed by atoms with van der Waals surface area (Å²) in [6.45, 7) is 3.83. The monoisotopic (exact) mass is 602 g/mol. The molecule has 41 heavy (non-hydrogen) atoms. The quantitative estimate of drug-likeness (QED) is 0.105. The predicted octanol–water partition coefficient (Wildman–Crippen LogP) is 6.48. The Labute approximate surface area is 254 Å². The van der Waals surface area contributed by atoms with Crippen molar-refractivity contribution in [3.8, 4) is 0 Å². The minimum atomic E-state index is -0.696. The molecule has 4 aromatic rings. The third-order valence-corrected chi connectivity index (χ3v) is 4.99. The van der Waals surface area contributed by atoms with Crippen molar-refractivity contribution in [1.29, 1.82) is 0 Å². The van der Waals surface area contributed by atoms with Crippen LogP contribution in [0.3, 0.4) is 0 Å². The van der Waals surface area contributed by atoms with E-state index in [-0.39, 0.29) is 33.5 Å². The van der Waals surface area contributed by atoms with Gasteiger partial charge in [-0.15, -0.1) is 35.4 Å². The summed E-state index contributed by atoms with van der Waals surface area (Å²) in [7, 11) is 0. The molecule has 0 spiro atoms. The fourth-order valence-corrected chi connectivity index (χ4v) is 3.06. The number of halogens is 4. The van der Waals surface area contributed by atoms with Crippen LogP contribution in [0.25, 0.3) is 0 Å². The fourth-order valence-electron chi connectivity index (χ4n) is 3.06. The second kappa shape index (κ2) is 23.2. The van der Waals surface area contributed by atoms with Crippen molar-refractivity contribution in [2.24, 2.45) is 0 Å². The van der Waals surface area contributed by atoms with Gasteiger partial charge in [-0.25, -0.2) is 41.8 Å². The summed E-state index contributed by atoms with van der Waals surface area (Å²) in [5, 5.41) is 5.20. The van der Waals surface area contributed by atoms with E-state index in [0.29, 0.717) is 49.9 Å². The summed E-state index contributed by atoms with van der Waals surface area (Å²) >= 11 is 0. The molecule has 9 heteroatoms. The third-order valence-electron chi connectivity index (χ3n) is 4.99. The first-order valence-electron chi connectivity index (χ1n) is 12.7. The van der Waals surface area contributed by atoms with Gasteiger partial charge < -0.3 is 10.6 Å². The Morgan fingerprint density at radius 2 is 1.00 bits per heavy atom. The normalized spacial score (nSPS) is 9.32. The zero-order valence-electron chi connectivity index (χ0n) is 23.2. The number of nitrogens with one attached hydrogen (secondary N) is 2. The summed E-state index contributed by atoms with van der Waals surface area (Å²) < 4.78 is 51.1. The van der Waals surface area contributed by atoms with Crippen LogP contribution >= 0.6 is 0 Å². The van der Waals surface area contributed by atoms with Crippen LogP contribution in [0.1, 0.15) is 37.8 Å². The van der Waals surface area contributed by atoms with E-state index < -0.39 is 23.3 Å². The van der Waals surface area contributed by atoms with E-state index >= 15 is 0 Å². The Morgan fingerprint density at radius 1 is 0.659 bits per heavy atom. The maximum Gasteiger partial charge on any atom is 4.00 e. The molecule has 0 heterocycles. The molecule has 0 unspecified atom stereocenters. The Morgan fingerprint density at radius 3 is 1.24 bits per heavy atom. The molecule has 216 valence electrons. The van der Waals surface area contributed by atoms with Gasteiger partial charge >= 0.3 is 21.7 Å². The van der Waals surface area contributed by atoms with Crippen LogP contribution in [-0.2, 0) is 44.1 Å². The Kier molecular flexibility index (Phi) is 21.3. The Hall–Kier alpha value is -3.49. The SMILES string of the molecule is CC(=O)NCCCc1ccc(F)[c-]c1F.CC(=O)NCCCc1ccc(F)[c-]c1F.[Ti+4].c1cc[cH-]c1.c1cc[cH-]c1. The maximum absolute atomic E-state index is 13.1. The van der Waals surface area contributed by atoms with Crippen molar-refractivity contribution in [2.45, 2.75) is 39.5 Å². The van der Waals surface area contributed by atoms with E-state index in [2.05, 4.69) is 10.6 Å². The van der Waals surface area contributed by atoms with Crippen molar-refractivity contribution < 1.29 is 48.9 Å². The minimum absolute atomic E-state index is 0. The first-order chi connectivity index (χ1) is 19.2. The van der Waals surface area contributed by atoms with Crippen LogP contribution in [-0.4, -0.2) is 24.9 Å². The fraction of sp³-hybridized carbons (Fsp3) is 0.250. The molecule has 4 aromatic carbocycles. The average Bonchev–Trinajstić information content (AvgIpc) is 3.67. The van der Waals surface area contributed by atoms with Crippen molar-refractivity contribution in [2.75, 3.05) is 13.1 Å². The standard InChI is InChI=1S/2C11H12F2NO.2C5H5.Ti/c2*1-8(15)14-6-2-3-9-4-5-10(12)7-11(9)13;2*1-2-4-5-3-1;/h2*4-5H,2-3,6H2,1H3,(H,14,15);2*1-5H;/q4*-1;+4. The van der Waals surface area contributed by atoms with Crippen LogP contribution in [0.5, 0.6) is 0 Å². The van der Waals surface area contributed by atoms with Gasteiger partial charge in [-0.2, -0.15) is 48.5 Å². The molecule has 4 rings (SSSR count). The molecule has 0 saturated heterocycles. The Balaban J connectivity index is 0.000000573. The van der Waals surface area contributed by atoms with Gasteiger partial charge in [0.1, 0.15) is 0 Å². The second-order valence-electron chi connectivity index (χ2n) is 8.39. The van der Waals surface area contributed by atoms with Crippen molar-refractivity contribution in [3.63, 3.8) is 0 Å². The first-order valence-corrected chi connectivity index (χ1v) is 12.7. The molecule has 0 aliphatic rings. The number of aryl methyl sites for hydroxylation is 2. The summed E-state index contributed by atoms with van der Waals surface area (Å²) in [6.07, 6.45) is 2.16. The first kappa shape index (κ1) is 37.5. The summed E-state index contributed by atoms with van der Waals surface area (Å²) in [4.78, 5) is 21.1. The predicted molar refractivity (Wildman–Crippen MR) is 148 cm³/mol. The van der Waals surface area contributed by atoms with E-state index in [9.17, 15) is 27.2 Å². The van der Waals surface area contributed by atoms with Gasteiger partial charge in [-0.05, 0) is 12.8 Å². The molecule has 0 atom stereocenters. The molecule has 0 fully saturated rings. The number of carbonyl (C=O) groups excluding carboxylic acids is 2. The van der Waals surface area contributed by atoms with E-state index in [0.717, 1.165) is 0 Å². The number of hydrogen-bond donors (Lipinski definition) is 2. The topological polar surface area (TPSA) is 58.2 Å². The molecule has 0 radical (unpaired) electrons. The molecule has 4 nitrogen and oxygen atoms in total. The van der Waals surface area contributed by atoms with Gasteiger partial charge in [-0.3, -0.25) is 9.59 Å². The largest absolute Gasteiger partial charge is 4.00 e. The summed E-state index contributed by atoms with van der Waals surface area (Å²) in [5.41, 5.74) is 0.837. The molecular formula is C32H34F4N2O2Ti. The number of hydrogen-bond acceptors (Lipinski definition) is 2. The Bertz CT molecular complexity index is 1090. The summed E-state index contributed by atoms with van der Waals surface area (Å²) in [5.74, 6) is -2.92. The van der Waals surface area contributed by atoms with Gasteiger partial charge in [0.15, 0.2) is 0 Å². The van der Waals surface area contributed by atoms with Gasteiger partial charge in [0.05, 0.1) is 0 Å². The number of rotatable bonds is 8. The molecule has 0 bridgehead atoms. The van der Waals surface area contributed by atoms with Crippen LogP contribution in [0, 0.1) is 35.4 Å². The average molecular weight is 602 g/mol. The van der Waals surface area contributed by atoms with Gasteiger partial charge in [-0.1, -0.05) is 12.8 Å². The van der Waals surface area contributed by atoms with Crippen molar-refractivity contribution in [3.05, 3.63) is 131 Å². The third kappa shape index (κ3) is 20.1. The van der Waals surface area contributed by atoms with Crippen LogP contribution in [0.15, 0.2) is 84.9 Å². The van der Waals surface area contributed by atoms with Crippen molar-refractivity contribution >= 4 is 11.8 Å². The van der Waals surface area contributed by atoms with E-state index in [4.69, 9.17) is 0 Å². The van der Waals surface area contributed by atoms with E-state index in [1.54, 1.807) is 0 Å². The van der Waals surface area contributed by atoms with E-state index in [1.165, 1.54) is 38.1 Å².